The molecule has 0 unspecified atom stereocenters. The Balaban J connectivity index is 2.65. The number of rotatable bonds is 9. The molecule has 2 N–H and O–H groups in total. The molecule has 0 aliphatic carbocycles. The third kappa shape index (κ3) is 6.20. The number of furan rings is 1. The maximum atomic E-state index is 12.3. The van der Waals surface area contributed by atoms with Crippen molar-refractivity contribution in [1.82, 2.24) is 10.0 Å². The zero-order chi connectivity index (χ0) is 16.0. The molecule has 0 atom stereocenters. The van der Waals surface area contributed by atoms with Crippen LogP contribution in [0.5, 0.6) is 0 Å². The summed E-state index contributed by atoms with van der Waals surface area (Å²) in [5, 5.41) is 3.21. The molecule has 5 nitrogen and oxygen atoms in total. The molecule has 0 amide bonds. The van der Waals surface area contributed by atoms with E-state index in [0.717, 1.165) is 12.8 Å². The zero-order valence-electron chi connectivity index (χ0n) is 13.7. The molecule has 0 aliphatic heterocycles. The van der Waals surface area contributed by atoms with Crippen molar-refractivity contribution in [1.29, 1.82) is 0 Å². The molecule has 21 heavy (non-hydrogen) atoms. The van der Waals surface area contributed by atoms with Gasteiger partial charge < -0.3 is 9.73 Å². The summed E-state index contributed by atoms with van der Waals surface area (Å²) in [5.41, 5.74) is 0. The molecule has 0 aliphatic rings. The minimum Gasteiger partial charge on any atom is -0.464 e. The Labute approximate surface area is 128 Å². The zero-order valence-corrected chi connectivity index (χ0v) is 14.5. The lowest BCUT2D eigenvalue weighted by Gasteiger charge is -2.07. The molecule has 0 bridgehead atoms. The van der Waals surface area contributed by atoms with Crippen LogP contribution in [0.3, 0.4) is 0 Å². The van der Waals surface area contributed by atoms with E-state index in [1.807, 2.05) is 13.8 Å². The highest BCUT2D eigenvalue weighted by atomic mass is 32.2. The molecule has 0 saturated heterocycles. The van der Waals surface area contributed by atoms with Gasteiger partial charge in [0.2, 0.25) is 10.0 Å². The molecule has 1 heterocycles. The van der Waals surface area contributed by atoms with Gasteiger partial charge in [-0.1, -0.05) is 27.7 Å². The van der Waals surface area contributed by atoms with Gasteiger partial charge in [-0.15, -0.1) is 0 Å². The third-order valence-corrected chi connectivity index (χ3v) is 4.72. The van der Waals surface area contributed by atoms with Crippen LogP contribution in [0.25, 0.3) is 0 Å². The molecule has 0 saturated carbocycles. The molecule has 1 aromatic heterocycles. The smallest absolute Gasteiger partial charge is 0.244 e. The normalized spacial score (nSPS) is 12.5. The number of hydrogen-bond acceptors (Lipinski definition) is 4. The molecule has 122 valence electrons. The highest BCUT2D eigenvalue weighted by molar-refractivity contribution is 7.89. The van der Waals surface area contributed by atoms with Gasteiger partial charge in [-0.2, -0.15) is 0 Å². The topological polar surface area (TPSA) is 71.3 Å². The van der Waals surface area contributed by atoms with E-state index in [0.29, 0.717) is 36.6 Å². The van der Waals surface area contributed by atoms with Gasteiger partial charge in [0.25, 0.3) is 0 Å². The van der Waals surface area contributed by atoms with Gasteiger partial charge in [-0.25, -0.2) is 13.1 Å². The van der Waals surface area contributed by atoms with Crippen molar-refractivity contribution in [2.45, 2.75) is 64.9 Å². The molecular formula is C15H28N2O3S. The largest absolute Gasteiger partial charge is 0.464 e. The van der Waals surface area contributed by atoms with E-state index in [4.69, 9.17) is 4.42 Å². The van der Waals surface area contributed by atoms with Crippen molar-refractivity contribution in [3.05, 3.63) is 17.6 Å². The maximum Gasteiger partial charge on any atom is 0.244 e. The van der Waals surface area contributed by atoms with Gasteiger partial charge in [-0.3, -0.25) is 0 Å². The second-order valence-corrected chi connectivity index (χ2v) is 7.84. The summed E-state index contributed by atoms with van der Waals surface area (Å²) >= 11 is 0. The predicted molar refractivity (Wildman–Crippen MR) is 84.7 cm³/mol. The van der Waals surface area contributed by atoms with Crippen molar-refractivity contribution in [2.24, 2.45) is 5.92 Å². The molecule has 6 heteroatoms. The third-order valence-electron chi connectivity index (χ3n) is 3.15. The first-order valence-corrected chi connectivity index (χ1v) is 9.03. The van der Waals surface area contributed by atoms with Crippen molar-refractivity contribution < 1.29 is 12.8 Å². The molecule has 0 spiro atoms. The number of sulfonamides is 1. The van der Waals surface area contributed by atoms with Crippen LogP contribution in [-0.4, -0.2) is 21.0 Å². The van der Waals surface area contributed by atoms with E-state index in [-0.39, 0.29) is 4.90 Å². The standard InChI is InChI=1S/C15H28N2O3S/c1-11(2)7-6-8-17-21(18,19)15-9-14(20-13(15)5)10-16-12(3)4/h9,11-12,16-17H,6-8,10H2,1-5H3. The first-order chi connectivity index (χ1) is 9.72. The lowest BCUT2D eigenvalue weighted by atomic mass is 10.1. The van der Waals surface area contributed by atoms with Gasteiger partial charge in [0.15, 0.2) is 0 Å². The van der Waals surface area contributed by atoms with E-state index in [1.54, 1.807) is 13.0 Å². The van der Waals surface area contributed by atoms with Gasteiger partial charge in [0.1, 0.15) is 16.4 Å². The summed E-state index contributed by atoms with van der Waals surface area (Å²) in [6, 6.07) is 1.93. The fourth-order valence-electron chi connectivity index (χ4n) is 1.98. The Morgan fingerprint density at radius 1 is 1.24 bits per heavy atom. The van der Waals surface area contributed by atoms with Crippen molar-refractivity contribution in [2.75, 3.05) is 6.54 Å². The second-order valence-electron chi connectivity index (χ2n) is 6.10. The van der Waals surface area contributed by atoms with E-state index < -0.39 is 10.0 Å². The average molecular weight is 316 g/mol. The van der Waals surface area contributed by atoms with Crippen molar-refractivity contribution >= 4 is 10.0 Å². The Kier molecular flexibility index (Phi) is 6.90. The number of aryl methyl sites for hydroxylation is 1. The fraction of sp³-hybridized carbons (Fsp3) is 0.733. The van der Waals surface area contributed by atoms with Crippen LogP contribution in [0.15, 0.2) is 15.4 Å². The van der Waals surface area contributed by atoms with E-state index in [1.165, 1.54) is 0 Å². The number of nitrogens with one attached hydrogen (secondary N) is 2. The van der Waals surface area contributed by atoms with Crippen LogP contribution < -0.4 is 10.0 Å². The van der Waals surface area contributed by atoms with Crippen molar-refractivity contribution in [3.63, 3.8) is 0 Å². The second kappa shape index (κ2) is 7.96. The first kappa shape index (κ1) is 18.2. The van der Waals surface area contributed by atoms with E-state index in [2.05, 4.69) is 23.9 Å². The summed E-state index contributed by atoms with van der Waals surface area (Å²) in [5.74, 6) is 1.66. The Hall–Kier alpha value is -0.850. The lowest BCUT2D eigenvalue weighted by molar-refractivity contribution is 0.444. The Morgan fingerprint density at radius 3 is 2.48 bits per heavy atom. The summed E-state index contributed by atoms with van der Waals surface area (Å²) in [6.45, 7) is 11.0. The number of hydrogen-bond donors (Lipinski definition) is 2. The van der Waals surface area contributed by atoms with Gasteiger partial charge >= 0.3 is 0 Å². The van der Waals surface area contributed by atoms with Crippen molar-refractivity contribution in [3.8, 4) is 0 Å². The van der Waals surface area contributed by atoms with Gasteiger partial charge in [0, 0.05) is 18.7 Å². The molecule has 0 radical (unpaired) electrons. The summed E-state index contributed by atoms with van der Waals surface area (Å²) in [7, 11) is -3.48. The monoisotopic (exact) mass is 316 g/mol. The Bertz CT molecular complexity index is 533. The summed E-state index contributed by atoms with van der Waals surface area (Å²) in [6.07, 6.45) is 1.85. The van der Waals surface area contributed by atoms with E-state index in [9.17, 15) is 8.42 Å². The molecule has 1 rings (SSSR count). The minimum absolute atomic E-state index is 0.243. The molecular weight excluding hydrogens is 288 g/mol. The predicted octanol–water partition coefficient (Wildman–Crippen LogP) is 2.80. The average Bonchev–Trinajstić information content (AvgIpc) is 2.74. The van der Waals surface area contributed by atoms with Gasteiger partial charge in [0.05, 0.1) is 6.54 Å². The lowest BCUT2D eigenvalue weighted by Crippen LogP contribution is -2.25. The van der Waals surface area contributed by atoms with Crippen LogP contribution in [0, 0.1) is 12.8 Å². The van der Waals surface area contributed by atoms with Gasteiger partial charge in [-0.05, 0) is 25.7 Å². The Morgan fingerprint density at radius 2 is 1.90 bits per heavy atom. The fourth-order valence-corrected chi connectivity index (χ4v) is 3.25. The molecule has 0 fully saturated rings. The van der Waals surface area contributed by atoms with E-state index >= 15 is 0 Å². The molecule has 0 aromatic carbocycles. The van der Waals surface area contributed by atoms with Crippen LogP contribution >= 0.6 is 0 Å². The quantitative estimate of drug-likeness (QED) is 0.687. The van der Waals surface area contributed by atoms with Crippen LogP contribution in [0.4, 0.5) is 0 Å². The van der Waals surface area contributed by atoms with Crippen LogP contribution in [-0.2, 0) is 16.6 Å². The first-order valence-electron chi connectivity index (χ1n) is 7.54. The summed E-state index contributed by atoms with van der Waals surface area (Å²) in [4.78, 5) is 0.243. The summed E-state index contributed by atoms with van der Waals surface area (Å²) < 4.78 is 32.7. The van der Waals surface area contributed by atoms with Crippen LogP contribution in [0.2, 0.25) is 0 Å². The minimum atomic E-state index is -3.48. The highest BCUT2D eigenvalue weighted by Gasteiger charge is 2.20. The highest BCUT2D eigenvalue weighted by Crippen LogP contribution is 2.20. The maximum absolute atomic E-state index is 12.3. The van der Waals surface area contributed by atoms with Crippen LogP contribution in [0.1, 0.15) is 52.1 Å². The SMILES string of the molecule is Cc1oc(CNC(C)C)cc1S(=O)(=O)NCCCC(C)C. The molecule has 1 aromatic rings.